The number of thioether (sulfide) groups is 1. The predicted molar refractivity (Wildman–Crippen MR) is 95.9 cm³/mol. The minimum atomic E-state index is -4.87. The summed E-state index contributed by atoms with van der Waals surface area (Å²) in [5.74, 6) is -3.27. The Labute approximate surface area is 163 Å². The van der Waals surface area contributed by atoms with Gasteiger partial charge in [-0.2, -0.15) is 13.2 Å². The first kappa shape index (κ1) is 22.0. The molecule has 0 aromatic heterocycles. The van der Waals surface area contributed by atoms with Gasteiger partial charge in [0.25, 0.3) is 0 Å². The van der Waals surface area contributed by atoms with Crippen LogP contribution in [0.25, 0.3) is 0 Å². The van der Waals surface area contributed by atoms with Crippen molar-refractivity contribution in [1.29, 1.82) is 0 Å². The van der Waals surface area contributed by atoms with Crippen LogP contribution in [0.2, 0.25) is 0 Å². The first-order valence-corrected chi connectivity index (χ1v) is 9.54. The summed E-state index contributed by atoms with van der Waals surface area (Å²) in [6.45, 7) is 2.40. The topological polar surface area (TPSA) is 78.5 Å². The second-order valence-electron chi connectivity index (χ2n) is 6.08. The molecule has 2 N–H and O–H groups in total. The molecule has 28 heavy (non-hydrogen) atoms. The molecule has 0 radical (unpaired) electrons. The monoisotopic (exact) mass is 421 g/mol. The molecular formula is C17H19F4N3O3S. The summed E-state index contributed by atoms with van der Waals surface area (Å²) in [5, 5.41) is 4.20. The second-order valence-corrected chi connectivity index (χ2v) is 7.24. The minimum Gasteiger partial charge on any atom is -0.348 e. The molecule has 1 aliphatic rings. The van der Waals surface area contributed by atoms with Gasteiger partial charge in [-0.25, -0.2) is 4.39 Å². The van der Waals surface area contributed by atoms with Crippen molar-refractivity contribution < 1.29 is 31.9 Å². The maximum atomic E-state index is 13.3. The lowest BCUT2D eigenvalue weighted by molar-refractivity contribution is -0.145. The normalized spacial score (nSPS) is 17.2. The molecule has 0 bridgehead atoms. The van der Waals surface area contributed by atoms with E-state index in [9.17, 15) is 31.9 Å². The van der Waals surface area contributed by atoms with Crippen LogP contribution in [0.4, 0.5) is 23.2 Å². The van der Waals surface area contributed by atoms with Crippen molar-refractivity contribution in [3.63, 3.8) is 0 Å². The van der Waals surface area contributed by atoms with Crippen molar-refractivity contribution >= 4 is 35.2 Å². The summed E-state index contributed by atoms with van der Waals surface area (Å²) in [6, 6.07) is 2.22. The molecule has 0 unspecified atom stereocenters. The number of alkyl halides is 3. The fourth-order valence-electron chi connectivity index (χ4n) is 2.47. The van der Waals surface area contributed by atoms with E-state index in [0.29, 0.717) is 25.1 Å². The van der Waals surface area contributed by atoms with E-state index in [1.165, 1.54) is 4.90 Å². The van der Waals surface area contributed by atoms with Crippen LogP contribution in [-0.4, -0.2) is 46.8 Å². The van der Waals surface area contributed by atoms with Gasteiger partial charge in [0.05, 0.1) is 16.7 Å². The Bertz CT molecular complexity index is 750. The summed E-state index contributed by atoms with van der Waals surface area (Å²) in [6.07, 6.45) is -3.95. The first-order chi connectivity index (χ1) is 13.1. The molecular weight excluding hydrogens is 402 g/mol. The van der Waals surface area contributed by atoms with Crippen molar-refractivity contribution in [2.24, 2.45) is 0 Å². The van der Waals surface area contributed by atoms with Crippen LogP contribution in [0.1, 0.15) is 25.3 Å². The van der Waals surface area contributed by atoms with Crippen molar-refractivity contribution in [2.45, 2.75) is 31.2 Å². The van der Waals surface area contributed by atoms with Gasteiger partial charge >= 0.3 is 18.0 Å². The largest absolute Gasteiger partial charge is 0.419 e. The van der Waals surface area contributed by atoms with Gasteiger partial charge in [0.15, 0.2) is 0 Å². The fraction of sp³-hybridized carbons (Fsp3) is 0.471. The van der Waals surface area contributed by atoms with Crippen LogP contribution in [0.5, 0.6) is 0 Å². The van der Waals surface area contributed by atoms with E-state index in [1.807, 2.05) is 6.92 Å². The van der Waals surface area contributed by atoms with Crippen LogP contribution < -0.4 is 10.6 Å². The summed E-state index contributed by atoms with van der Waals surface area (Å²) in [7, 11) is 0. The second kappa shape index (κ2) is 9.26. The zero-order chi connectivity index (χ0) is 20.9. The van der Waals surface area contributed by atoms with Crippen LogP contribution in [-0.2, 0) is 20.6 Å². The number of anilines is 1. The van der Waals surface area contributed by atoms with E-state index >= 15 is 0 Å². The Hall–Kier alpha value is -2.30. The highest BCUT2D eigenvalue weighted by atomic mass is 32.2. The van der Waals surface area contributed by atoms with Crippen LogP contribution in [0, 0.1) is 5.82 Å². The molecule has 11 heteroatoms. The Balaban J connectivity index is 1.92. The first-order valence-electron chi connectivity index (χ1n) is 8.49. The lowest BCUT2D eigenvalue weighted by Crippen LogP contribution is -2.47. The Morgan fingerprint density at radius 1 is 1.29 bits per heavy atom. The molecule has 0 aliphatic carbocycles. The van der Waals surface area contributed by atoms with Crippen molar-refractivity contribution in [1.82, 2.24) is 10.2 Å². The van der Waals surface area contributed by atoms with Gasteiger partial charge in [0.2, 0.25) is 5.91 Å². The van der Waals surface area contributed by atoms with Crippen LogP contribution in [0.3, 0.4) is 0 Å². The minimum absolute atomic E-state index is 0.105. The van der Waals surface area contributed by atoms with E-state index in [4.69, 9.17) is 0 Å². The average molecular weight is 421 g/mol. The highest BCUT2D eigenvalue weighted by molar-refractivity contribution is 8.00. The van der Waals surface area contributed by atoms with Crippen LogP contribution >= 0.6 is 11.8 Å². The number of benzene rings is 1. The number of carbonyl (C=O) groups is 3. The average Bonchev–Trinajstić information content (AvgIpc) is 2.66. The lowest BCUT2D eigenvalue weighted by atomic mass is 10.1. The van der Waals surface area contributed by atoms with Crippen LogP contribution in [0.15, 0.2) is 18.2 Å². The third-order valence-electron chi connectivity index (χ3n) is 3.94. The van der Waals surface area contributed by atoms with E-state index in [-0.39, 0.29) is 24.5 Å². The summed E-state index contributed by atoms with van der Waals surface area (Å²) < 4.78 is 51.6. The van der Waals surface area contributed by atoms with Gasteiger partial charge in [-0.3, -0.25) is 14.4 Å². The third-order valence-corrected chi connectivity index (χ3v) is 5.25. The van der Waals surface area contributed by atoms with Gasteiger partial charge in [-0.1, -0.05) is 6.92 Å². The lowest BCUT2D eigenvalue weighted by Gasteiger charge is -2.30. The van der Waals surface area contributed by atoms with Crippen molar-refractivity contribution in [3.8, 4) is 0 Å². The summed E-state index contributed by atoms with van der Waals surface area (Å²) in [4.78, 5) is 37.3. The molecule has 2 rings (SSSR count). The molecule has 0 spiro atoms. The Morgan fingerprint density at radius 3 is 2.57 bits per heavy atom. The highest BCUT2D eigenvalue weighted by Crippen LogP contribution is 2.33. The number of hydrogen-bond acceptors (Lipinski definition) is 4. The van der Waals surface area contributed by atoms with Crippen molar-refractivity contribution in [3.05, 3.63) is 29.6 Å². The maximum Gasteiger partial charge on any atom is 0.419 e. The SMILES string of the molecule is CCCNC(=O)C(=O)N1CC[C@H](C(=O)Nc2ccc(F)c(C(F)(F)F)c2)SC1. The molecule has 6 nitrogen and oxygen atoms in total. The van der Waals surface area contributed by atoms with Gasteiger partial charge in [0, 0.05) is 18.8 Å². The van der Waals surface area contributed by atoms with E-state index in [1.54, 1.807) is 0 Å². The molecule has 0 saturated carbocycles. The smallest absolute Gasteiger partial charge is 0.348 e. The number of halogens is 4. The zero-order valence-electron chi connectivity index (χ0n) is 14.9. The molecule has 3 amide bonds. The molecule has 1 atom stereocenters. The molecule has 1 aromatic carbocycles. The number of carbonyl (C=O) groups excluding carboxylic acids is 3. The van der Waals surface area contributed by atoms with Gasteiger partial charge in [0.1, 0.15) is 5.82 Å². The van der Waals surface area contributed by atoms with E-state index in [0.717, 1.165) is 17.8 Å². The number of rotatable bonds is 4. The highest BCUT2D eigenvalue weighted by Gasteiger charge is 2.35. The summed E-state index contributed by atoms with van der Waals surface area (Å²) >= 11 is 1.10. The maximum absolute atomic E-state index is 13.3. The van der Waals surface area contributed by atoms with Gasteiger partial charge < -0.3 is 15.5 Å². The number of amides is 3. The zero-order valence-corrected chi connectivity index (χ0v) is 15.8. The molecule has 1 aliphatic heterocycles. The molecule has 154 valence electrons. The molecule has 1 fully saturated rings. The Morgan fingerprint density at radius 2 is 2.00 bits per heavy atom. The fourth-order valence-corrected chi connectivity index (χ4v) is 3.56. The number of hydrogen-bond donors (Lipinski definition) is 2. The molecule has 1 aromatic rings. The standard InChI is InChI=1S/C17H19F4N3O3S/c1-2-6-22-15(26)16(27)24-7-5-13(28-9-24)14(25)23-10-3-4-12(18)11(8-10)17(19,20)21/h3-4,8,13H,2,5-7,9H2,1H3,(H,22,26)(H,23,25)/t13-/m1/s1. The van der Waals surface area contributed by atoms with E-state index < -0.39 is 40.5 Å². The van der Waals surface area contributed by atoms with E-state index in [2.05, 4.69) is 10.6 Å². The van der Waals surface area contributed by atoms with Crippen molar-refractivity contribution in [2.75, 3.05) is 24.3 Å². The predicted octanol–water partition coefficient (Wildman–Crippen LogP) is 2.60. The van der Waals surface area contributed by atoms with Gasteiger partial charge in [-0.05, 0) is 31.0 Å². The van der Waals surface area contributed by atoms with Gasteiger partial charge in [-0.15, -0.1) is 11.8 Å². The number of nitrogens with zero attached hydrogens (tertiary/aromatic N) is 1. The summed E-state index contributed by atoms with van der Waals surface area (Å²) in [5.41, 5.74) is -1.63. The third kappa shape index (κ3) is 5.60. The quantitative estimate of drug-likeness (QED) is 0.579. The Kier molecular flexibility index (Phi) is 7.28. The molecule has 1 heterocycles. The molecule has 1 saturated heterocycles. The number of nitrogens with one attached hydrogen (secondary N) is 2.